The van der Waals surface area contributed by atoms with Gasteiger partial charge < -0.3 is 0 Å². The summed E-state index contributed by atoms with van der Waals surface area (Å²) >= 11 is 0. The minimum Gasteiger partial charge on any atom is -0.261 e. The first-order valence-electron chi connectivity index (χ1n) is 7.43. The molecule has 1 aliphatic rings. The van der Waals surface area contributed by atoms with Crippen molar-refractivity contribution in [2.24, 2.45) is 0 Å². The molecule has 0 saturated carbocycles. The van der Waals surface area contributed by atoms with Crippen LogP contribution in [-0.4, -0.2) is 4.98 Å². The van der Waals surface area contributed by atoms with E-state index in [9.17, 15) is 0 Å². The number of hydrogen-bond donors (Lipinski definition) is 0. The Bertz CT molecular complexity index is 790. The Balaban J connectivity index is 1.85. The lowest BCUT2D eigenvalue weighted by atomic mass is 9.91. The highest BCUT2D eigenvalue weighted by Gasteiger charge is 2.28. The van der Waals surface area contributed by atoms with Gasteiger partial charge in [-0.1, -0.05) is 54.6 Å². The average Bonchev–Trinajstić information content (AvgIpc) is 2.82. The Hall–Kier alpha value is -2.41. The molecule has 3 aromatic rings. The summed E-state index contributed by atoms with van der Waals surface area (Å²) in [5.41, 5.74) is 8.00. The Morgan fingerprint density at radius 2 is 1.62 bits per heavy atom. The molecule has 0 bridgehead atoms. The van der Waals surface area contributed by atoms with Gasteiger partial charge in [-0.05, 0) is 47.2 Å². The van der Waals surface area contributed by atoms with Gasteiger partial charge in [-0.25, -0.2) is 0 Å². The lowest BCUT2D eigenvalue weighted by Crippen LogP contribution is -2.01. The summed E-state index contributed by atoms with van der Waals surface area (Å²) in [6.45, 7) is 2.06. The maximum absolute atomic E-state index is 4.53. The van der Waals surface area contributed by atoms with E-state index < -0.39 is 0 Å². The standard InChI is InChI=1S/C20H17N/c1-14-11-18-16-9-5-6-10-17(16)19(20(18)13-21-14)12-15-7-3-2-4-8-15/h2-11,13,19H,12H2,1H3. The second kappa shape index (κ2) is 4.85. The van der Waals surface area contributed by atoms with Crippen molar-refractivity contribution in [2.75, 3.05) is 0 Å². The molecular weight excluding hydrogens is 254 g/mol. The van der Waals surface area contributed by atoms with Crippen LogP contribution in [0.4, 0.5) is 0 Å². The van der Waals surface area contributed by atoms with Gasteiger partial charge in [-0.15, -0.1) is 0 Å². The molecule has 0 radical (unpaired) electrons. The predicted octanol–water partition coefficient (Wildman–Crippen LogP) is 4.75. The fourth-order valence-electron chi connectivity index (χ4n) is 3.36. The molecule has 1 atom stereocenters. The SMILES string of the molecule is Cc1cc2c(cn1)C(Cc1ccccc1)c1ccccc1-2. The zero-order chi connectivity index (χ0) is 14.2. The lowest BCUT2D eigenvalue weighted by molar-refractivity contribution is 0.821. The van der Waals surface area contributed by atoms with Crippen LogP contribution in [0.5, 0.6) is 0 Å². The molecule has 1 unspecified atom stereocenters. The highest BCUT2D eigenvalue weighted by atomic mass is 14.7. The quantitative estimate of drug-likeness (QED) is 0.655. The van der Waals surface area contributed by atoms with Crippen molar-refractivity contribution in [3.8, 4) is 11.1 Å². The van der Waals surface area contributed by atoms with Gasteiger partial charge in [0.15, 0.2) is 0 Å². The van der Waals surface area contributed by atoms with Crippen molar-refractivity contribution in [3.63, 3.8) is 0 Å². The molecule has 21 heavy (non-hydrogen) atoms. The third-order valence-corrected chi connectivity index (χ3v) is 4.36. The van der Waals surface area contributed by atoms with E-state index in [0.29, 0.717) is 5.92 Å². The molecule has 0 aliphatic heterocycles. The minimum atomic E-state index is 0.423. The van der Waals surface area contributed by atoms with Crippen LogP contribution in [0.15, 0.2) is 66.9 Å². The molecule has 1 aliphatic carbocycles. The molecule has 102 valence electrons. The van der Waals surface area contributed by atoms with Gasteiger partial charge in [0.05, 0.1) is 0 Å². The smallest absolute Gasteiger partial charge is 0.0379 e. The number of fused-ring (bicyclic) bond motifs is 3. The summed E-state index contributed by atoms with van der Waals surface area (Å²) in [6.07, 6.45) is 3.11. The van der Waals surface area contributed by atoms with Crippen LogP contribution in [0.1, 0.15) is 28.3 Å². The normalized spacial score (nSPS) is 15.6. The third-order valence-electron chi connectivity index (χ3n) is 4.36. The summed E-state index contributed by atoms with van der Waals surface area (Å²) in [4.78, 5) is 4.53. The van der Waals surface area contributed by atoms with E-state index in [1.807, 2.05) is 0 Å². The Morgan fingerprint density at radius 3 is 2.48 bits per heavy atom. The van der Waals surface area contributed by atoms with Gasteiger partial charge in [0.25, 0.3) is 0 Å². The highest BCUT2D eigenvalue weighted by Crippen LogP contribution is 2.45. The predicted molar refractivity (Wildman–Crippen MR) is 86.4 cm³/mol. The Labute approximate surface area is 125 Å². The first-order chi connectivity index (χ1) is 10.3. The second-order valence-corrected chi connectivity index (χ2v) is 5.74. The Kier molecular flexibility index (Phi) is 2.85. The van der Waals surface area contributed by atoms with Crippen molar-refractivity contribution >= 4 is 0 Å². The molecule has 0 fully saturated rings. The number of rotatable bonds is 2. The molecular formula is C20H17N. The lowest BCUT2D eigenvalue weighted by Gasteiger charge is -2.13. The van der Waals surface area contributed by atoms with Crippen molar-refractivity contribution in [1.82, 2.24) is 4.98 Å². The van der Waals surface area contributed by atoms with Crippen molar-refractivity contribution < 1.29 is 0 Å². The highest BCUT2D eigenvalue weighted by molar-refractivity contribution is 5.78. The molecule has 0 saturated heterocycles. The van der Waals surface area contributed by atoms with Gasteiger partial charge in [0.2, 0.25) is 0 Å². The molecule has 1 heterocycles. The van der Waals surface area contributed by atoms with E-state index in [1.165, 1.54) is 27.8 Å². The maximum Gasteiger partial charge on any atom is 0.0379 e. The number of benzene rings is 2. The van der Waals surface area contributed by atoms with Crippen LogP contribution in [0.3, 0.4) is 0 Å². The van der Waals surface area contributed by atoms with Crippen molar-refractivity contribution in [2.45, 2.75) is 19.3 Å². The van der Waals surface area contributed by atoms with E-state index in [4.69, 9.17) is 0 Å². The number of aromatic nitrogens is 1. The van der Waals surface area contributed by atoms with Crippen molar-refractivity contribution in [1.29, 1.82) is 0 Å². The van der Waals surface area contributed by atoms with Gasteiger partial charge in [0, 0.05) is 17.8 Å². The van der Waals surface area contributed by atoms with Gasteiger partial charge >= 0.3 is 0 Å². The van der Waals surface area contributed by atoms with E-state index in [1.54, 1.807) is 0 Å². The van der Waals surface area contributed by atoms with E-state index in [2.05, 4.69) is 78.8 Å². The van der Waals surface area contributed by atoms with Crippen LogP contribution in [-0.2, 0) is 6.42 Å². The van der Waals surface area contributed by atoms with Crippen molar-refractivity contribution in [3.05, 3.63) is 89.2 Å². The van der Waals surface area contributed by atoms with Gasteiger partial charge in [0.1, 0.15) is 0 Å². The van der Waals surface area contributed by atoms with E-state index >= 15 is 0 Å². The van der Waals surface area contributed by atoms with E-state index in [-0.39, 0.29) is 0 Å². The fourth-order valence-corrected chi connectivity index (χ4v) is 3.36. The first-order valence-corrected chi connectivity index (χ1v) is 7.43. The van der Waals surface area contributed by atoms with Crippen LogP contribution in [0, 0.1) is 6.92 Å². The monoisotopic (exact) mass is 271 g/mol. The van der Waals surface area contributed by atoms with E-state index in [0.717, 1.165) is 12.1 Å². The molecule has 0 amide bonds. The van der Waals surface area contributed by atoms with Crippen LogP contribution in [0.2, 0.25) is 0 Å². The number of nitrogens with zero attached hydrogens (tertiary/aromatic N) is 1. The summed E-state index contributed by atoms with van der Waals surface area (Å²) in [7, 11) is 0. The molecule has 0 spiro atoms. The summed E-state index contributed by atoms with van der Waals surface area (Å²) in [5, 5.41) is 0. The largest absolute Gasteiger partial charge is 0.261 e. The molecule has 1 heteroatoms. The molecule has 0 N–H and O–H groups in total. The molecule has 1 nitrogen and oxygen atoms in total. The fraction of sp³-hybridized carbons (Fsp3) is 0.150. The van der Waals surface area contributed by atoms with Gasteiger partial charge in [-0.3, -0.25) is 4.98 Å². The molecule has 2 aromatic carbocycles. The van der Waals surface area contributed by atoms with Crippen LogP contribution < -0.4 is 0 Å². The summed E-state index contributed by atoms with van der Waals surface area (Å²) in [6, 6.07) is 21.7. The van der Waals surface area contributed by atoms with Crippen LogP contribution in [0.25, 0.3) is 11.1 Å². The zero-order valence-electron chi connectivity index (χ0n) is 12.1. The second-order valence-electron chi connectivity index (χ2n) is 5.74. The number of hydrogen-bond acceptors (Lipinski definition) is 1. The average molecular weight is 271 g/mol. The molecule has 1 aromatic heterocycles. The van der Waals surface area contributed by atoms with Gasteiger partial charge in [-0.2, -0.15) is 0 Å². The number of aryl methyl sites for hydroxylation is 1. The van der Waals surface area contributed by atoms with Crippen LogP contribution >= 0.6 is 0 Å². The third kappa shape index (κ3) is 2.06. The number of pyridine rings is 1. The zero-order valence-corrected chi connectivity index (χ0v) is 12.1. The summed E-state index contributed by atoms with van der Waals surface area (Å²) < 4.78 is 0. The topological polar surface area (TPSA) is 12.9 Å². The first kappa shape index (κ1) is 12.3. The minimum absolute atomic E-state index is 0.423. The maximum atomic E-state index is 4.53. The summed E-state index contributed by atoms with van der Waals surface area (Å²) in [5.74, 6) is 0.423. The Morgan fingerprint density at radius 1 is 0.857 bits per heavy atom. The molecule has 4 rings (SSSR count).